The van der Waals surface area contributed by atoms with Gasteiger partial charge in [-0.05, 0) is 29.7 Å². The van der Waals surface area contributed by atoms with E-state index in [0.29, 0.717) is 0 Å². The summed E-state index contributed by atoms with van der Waals surface area (Å²) >= 11 is 0. The first-order valence-electron chi connectivity index (χ1n) is 7.49. The number of benzene rings is 2. The number of nitrogens with one attached hydrogen (secondary N) is 1. The van der Waals surface area contributed by atoms with Crippen LogP contribution in [0.4, 0.5) is 4.39 Å². The van der Waals surface area contributed by atoms with Crippen molar-refractivity contribution in [2.24, 2.45) is 5.73 Å². The summed E-state index contributed by atoms with van der Waals surface area (Å²) in [4.78, 5) is 12.1. The van der Waals surface area contributed by atoms with Crippen LogP contribution in [-0.2, 0) is 4.79 Å². The summed E-state index contributed by atoms with van der Waals surface area (Å²) in [6.07, 6.45) is 1.12. The van der Waals surface area contributed by atoms with Gasteiger partial charge in [-0.3, -0.25) is 4.79 Å². The molecule has 23 heavy (non-hydrogen) atoms. The van der Waals surface area contributed by atoms with Gasteiger partial charge in [0, 0.05) is 24.4 Å². The molecular formula is C18H20ClFN2O. The van der Waals surface area contributed by atoms with Crippen LogP contribution in [0.25, 0.3) is 0 Å². The summed E-state index contributed by atoms with van der Waals surface area (Å²) < 4.78 is 13.2. The second-order valence-corrected chi connectivity index (χ2v) is 5.79. The predicted molar refractivity (Wildman–Crippen MR) is 90.9 cm³/mol. The van der Waals surface area contributed by atoms with Gasteiger partial charge < -0.3 is 11.1 Å². The lowest BCUT2D eigenvalue weighted by molar-refractivity contribution is -0.121. The smallest absolute Gasteiger partial charge is 0.222 e. The van der Waals surface area contributed by atoms with Crippen LogP contribution in [0.5, 0.6) is 0 Å². The van der Waals surface area contributed by atoms with Crippen molar-refractivity contribution < 1.29 is 9.18 Å². The number of carbonyl (C=O) groups excluding carboxylic acids is 1. The summed E-state index contributed by atoms with van der Waals surface area (Å²) in [5.74, 6) is -0.0755. The SMILES string of the molecule is Cl.NC(CC(=O)NC1CC1c1cccc(F)c1)c1ccccc1. The summed E-state index contributed by atoms with van der Waals surface area (Å²) in [5.41, 5.74) is 7.94. The molecule has 0 aliphatic heterocycles. The molecule has 122 valence electrons. The van der Waals surface area contributed by atoms with E-state index >= 15 is 0 Å². The molecule has 0 aromatic heterocycles. The van der Waals surface area contributed by atoms with Crippen LogP contribution in [-0.4, -0.2) is 11.9 Å². The molecule has 2 aromatic carbocycles. The Hall–Kier alpha value is -1.91. The monoisotopic (exact) mass is 334 g/mol. The number of hydrogen-bond acceptors (Lipinski definition) is 2. The van der Waals surface area contributed by atoms with Crippen molar-refractivity contribution in [3.05, 3.63) is 71.5 Å². The molecule has 0 bridgehead atoms. The predicted octanol–water partition coefficient (Wildman–Crippen LogP) is 3.31. The van der Waals surface area contributed by atoms with E-state index in [-0.39, 0.29) is 48.6 Å². The maximum absolute atomic E-state index is 13.2. The zero-order valence-corrected chi connectivity index (χ0v) is 13.4. The highest BCUT2D eigenvalue weighted by Gasteiger charge is 2.39. The molecule has 0 radical (unpaired) electrons. The second kappa shape index (κ2) is 7.57. The number of amides is 1. The topological polar surface area (TPSA) is 55.1 Å². The van der Waals surface area contributed by atoms with Gasteiger partial charge in [0.1, 0.15) is 5.82 Å². The summed E-state index contributed by atoms with van der Waals surface area (Å²) in [5, 5.41) is 2.98. The van der Waals surface area contributed by atoms with Gasteiger partial charge in [0.05, 0.1) is 0 Å². The van der Waals surface area contributed by atoms with Crippen LogP contribution in [0.2, 0.25) is 0 Å². The molecule has 0 heterocycles. The van der Waals surface area contributed by atoms with E-state index < -0.39 is 0 Å². The van der Waals surface area contributed by atoms with Gasteiger partial charge in [-0.15, -0.1) is 12.4 Å². The van der Waals surface area contributed by atoms with Crippen LogP contribution in [0.15, 0.2) is 54.6 Å². The van der Waals surface area contributed by atoms with E-state index in [1.165, 1.54) is 12.1 Å². The Bertz CT molecular complexity index is 665. The Morgan fingerprint density at radius 1 is 1.22 bits per heavy atom. The van der Waals surface area contributed by atoms with Crippen molar-refractivity contribution in [1.82, 2.24) is 5.32 Å². The fourth-order valence-electron chi connectivity index (χ4n) is 2.74. The normalized spacial score (nSPS) is 20.3. The van der Waals surface area contributed by atoms with E-state index in [0.717, 1.165) is 17.5 Å². The molecule has 3 unspecified atom stereocenters. The molecular weight excluding hydrogens is 315 g/mol. The van der Waals surface area contributed by atoms with Crippen molar-refractivity contribution in [3.63, 3.8) is 0 Å². The lowest BCUT2D eigenvalue weighted by atomic mass is 10.0. The fraction of sp³-hybridized carbons (Fsp3) is 0.278. The molecule has 3 nitrogen and oxygen atoms in total. The molecule has 3 rings (SSSR count). The molecule has 1 aliphatic carbocycles. The van der Waals surface area contributed by atoms with Gasteiger partial charge in [-0.1, -0.05) is 42.5 Å². The number of carbonyl (C=O) groups is 1. The number of hydrogen-bond donors (Lipinski definition) is 2. The zero-order chi connectivity index (χ0) is 15.5. The minimum atomic E-state index is -0.299. The maximum atomic E-state index is 13.2. The Kier molecular flexibility index (Phi) is 5.74. The molecule has 1 saturated carbocycles. The minimum absolute atomic E-state index is 0. The molecule has 0 spiro atoms. The van der Waals surface area contributed by atoms with Crippen molar-refractivity contribution in [3.8, 4) is 0 Å². The van der Waals surface area contributed by atoms with Gasteiger partial charge in [0.25, 0.3) is 0 Å². The van der Waals surface area contributed by atoms with Crippen molar-refractivity contribution in [1.29, 1.82) is 0 Å². The van der Waals surface area contributed by atoms with E-state index in [1.54, 1.807) is 6.07 Å². The first kappa shape index (κ1) is 17.4. The quantitative estimate of drug-likeness (QED) is 0.881. The summed E-state index contributed by atoms with van der Waals surface area (Å²) in [6, 6.07) is 15.9. The standard InChI is InChI=1S/C18H19FN2O.ClH/c19-14-8-4-7-13(9-14)15-10-17(15)21-18(22)11-16(20)12-5-2-1-3-6-12;/h1-9,15-17H,10-11,20H2,(H,21,22);1H. The Morgan fingerprint density at radius 3 is 2.65 bits per heavy atom. The molecule has 5 heteroatoms. The van der Waals surface area contributed by atoms with Crippen molar-refractivity contribution >= 4 is 18.3 Å². The highest BCUT2D eigenvalue weighted by atomic mass is 35.5. The first-order chi connectivity index (χ1) is 10.6. The van der Waals surface area contributed by atoms with E-state index in [1.807, 2.05) is 36.4 Å². The van der Waals surface area contributed by atoms with Gasteiger partial charge in [-0.2, -0.15) is 0 Å². The van der Waals surface area contributed by atoms with Crippen LogP contribution in [0, 0.1) is 5.82 Å². The molecule has 0 saturated heterocycles. The Labute approximate surface area is 141 Å². The number of halogens is 2. The van der Waals surface area contributed by atoms with E-state index in [4.69, 9.17) is 5.73 Å². The summed E-state index contributed by atoms with van der Waals surface area (Å²) in [7, 11) is 0. The third-order valence-corrected chi connectivity index (χ3v) is 4.05. The highest BCUT2D eigenvalue weighted by molar-refractivity contribution is 5.85. The Balaban J connectivity index is 0.00000192. The van der Waals surface area contributed by atoms with E-state index in [2.05, 4.69) is 5.32 Å². The lowest BCUT2D eigenvalue weighted by Crippen LogP contribution is -2.29. The molecule has 3 N–H and O–H groups in total. The third-order valence-electron chi connectivity index (χ3n) is 4.05. The van der Waals surface area contributed by atoms with Crippen LogP contribution >= 0.6 is 12.4 Å². The average Bonchev–Trinajstić information content (AvgIpc) is 3.27. The van der Waals surface area contributed by atoms with Gasteiger partial charge in [0.15, 0.2) is 0 Å². The van der Waals surface area contributed by atoms with Crippen LogP contribution in [0.1, 0.15) is 35.9 Å². The summed E-state index contributed by atoms with van der Waals surface area (Å²) in [6.45, 7) is 0. The molecule has 3 atom stereocenters. The van der Waals surface area contributed by atoms with E-state index in [9.17, 15) is 9.18 Å². The first-order valence-corrected chi connectivity index (χ1v) is 7.49. The number of rotatable bonds is 5. The van der Waals surface area contributed by atoms with Crippen molar-refractivity contribution in [2.45, 2.75) is 30.8 Å². The second-order valence-electron chi connectivity index (χ2n) is 5.79. The third kappa shape index (κ3) is 4.53. The zero-order valence-electron chi connectivity index (χ0n) is 12.6. The van der Waals surface area contributed by atoms with Crippen LogP contribution in [0.3, 0.4) is 0 Å². The van der Waals surface area contributed by atoms with Crippen LogP contribution < -0.4 is 11.1 Å². The molecule has 2 aromatic rings. The molecule has 1 amide bonds. The number of nitrogens with two attached hydrogens (primary N) is 1. The largest absolute Gasteiger partial charge is 0.353 e. The van der Waals surface area contributed by atoms with Gasteiger partial charge >= 0.3 is 0 Å². The van der Waals surface area contributed by atoms with Crippen molar-refractivity contribution in [2.75, 3.05) is 0 Å². The average molecular weight is 335 g/mol. The van der Waals surface area contributed by atoms with Gasteiger partial charge in [-0.25, -0.2) is 4.39 Å². The molecule has 1 fully saturated rings. The van der Waals surface area contributed by atoms with Gasteiger partial charge in [0.2, 0.25) is 5.91 Å². The lowest BCUT2D eigenvalue weighted by Gasteiger charge is -2.12. The fourth-order valence-corrected chi connectivity index (χ4v) is 2.74. The molecule has 1 aliphatic rings. The maximum Gasteiger partial charge on any atom is 0.222 e. The Morgan fingerprint density at radius 2 is 1.96 bits per heavy atom. The highest BCUT2D eigenvalue weighted by Crippen LogP contribution is 2.41. The minimum Gasteiger partial charge on any atom is -0.353 e.